The molecule has 4 atom stereocenters. The van der Waals surface area contributed by atoms with Crippen LogP contribution in [0.1, 0.15) is 37.7 Å². The van der Waals surface area contributed by atoms with Crippen molar-refractivity contribution in [2.45, 2.75) is 61.5 Å². The number of carbonyl (C=O) groups is 1. The van der Waals surface area contributed by atoms with Crippen molar-refractivity contribution in [2.24, 2.45) is 11.7 Å². The van der Waals surface area contributed by atoms with Crippen molar-refractivity contribution in [1.29, 1.82) is 0 Å². The molecule has 2 aromatic carbocycles. The highest BCUT2D eigenvalue weighted by Gasteiger charge is 2.44. The maximum absolute atomic E-state index is 14.0. The van der Waals surface area contributed by atoms with Crippen LogP contribution < -0.4 is 10.5 Å². The lowest BCUT2D eigenvalue weighted by molar-refractivity contribution is -0.136. The lowest BCUT2D eigenvalue weighted by Crippen LogP contribution is -2.50. The largest absolute Gasteiger partial charge is 0.337 e. The van der Waals surface area contributed by atoms with Crippen LogP contribution in [0.4, 0.5) is 13.2 Å². The third-order valence-electron chi connectivity index (χ3n) is 6.89. The van der Waals surface area contributed by atoms with Gasteiger partial charge in [-0.3, -0.25) is 4.79 Å². The van der Waals surface area contributed by atoms with Crippen LogP contribution in [-0.2, 0) is 21.2 Å². The van der Waals surface area contributed by atoms with Crippen LogP contribution in [0.3, 0.4) is 0 Å². The molecule has 0 spiro atoms. The molecule has 2 saturated heterocycles. The van der Waals surface area contributed by atoms with Crippen molar-refractivity contribution in [3.63, 3.8) is 0 Å². The molecule has 4 rings (SSSR count). The van der Waals surface area contributed by atoms with E-state index < -0.39 is 33.5 Å². The second-order valence-corrected chi connectivity index (χ2v) is 10.9. The predicted octanol–water partition coefficient (Wildman–Crippen LogP) is 3.11. The molecule has 1 amide bonds. The van der Waals surface area contributed by atoms with Gasteiger partial charge in [-0.25, -0.2) is 26.3 Å². The van der Waals surface area contributed by atoms with Gasteiger partial charge in [0.05, 0.1) is 4.90 Å². The summed E-state index contributed by atoms with van der Waals surface area (Å²) in [5, 5.41) is 0. The molecule has 2 bridgehead atoms. The van der Waals surface area contributed by atoms with Crippen LogP contribution >= 0.6 is 0 Å². The lowest BCUT2D eigenvalue weighted by Gasteiger charge is -2.41. The van der Waals surface area contributed by atoms with E-state index in [0.29, 0.717) is 18.9 Å². The fourth-order valence-electron chi connectivity index (χ4n) is 5.22. The SMILES string of the molecule is N[C@H](Cc1cc(F)c(F)cc1F)[C@@H]1C[C@H]2CC[C@@H](C1)N2C(=O)CCNS(=O)(=O)c1ccccc1. The first-order chi connectivity index (χ1) is 16.2. The topological polar surface area (TPSA) is 92.5 Å². The maximum atomic E-state index is 14.0. The van der Waals surface area contributed by atoms with Gasteiger partial charge in [-0.05, 0) is 61.8 Å². The standard InChI is InChI=1S/C24H28F3N3O3S/c25-20-14-22(27)21(26)12-15(20)13-23(28)16-10-17-6-7-18(11-16)30(17)24(31)8-9-29-34(32,33)19-4-2-1-3-5-19/h1-5,12,14,16-18,23,29H,6-11,13,28H2/t16-,17-,18+,23-/m1/s1. The molecule has 2 aliphatic heterocycles. The zero-order valence-corrected chi connectivity index (χ0v) is 19.4. The van der Waals surface area contributed by atoms with Crippen molar-refractivity contribution >= 4 is 15.9 Å². The molecule has 2 fully saturated rings. The Kier molecular flexibility index (Phi) is 7.30. The average molecular weight is 496 g/mol. The van der Waals surface area contributed by atoms with E-state index in [2.05, 4.69) is 4.72 Å². The summed E-state index contributed by atoms with van der Waals surface area (Å²) in [5.41, 5.74) is 6.38. The van der Waals surface area contributed by atoms with Gasteiger partial charge in [0, 0.05) is 37.2 Å². The molecule has 0 unspecified atom stereocenters. The van der Waals surface area contributed by atoms with Gasteiger partial charge < -0.3 is 10.6 Å². The van der Waals surface area contributed by atoms with E-state index in [-0.39, 0.29) is 53.8 Å². The monoisotopic (exact) mass is 495 g/mol. The van der Waals surface area contributed by atoms with Crippen LogP contribution in [0.5, 0.6) is 0 Å². The summed E-state index contributed by atoms with van der Waals surface area (Å²) in [5.74, 6) is -3.24. The summed E-state index contributed by atoms with van der Waals surface area (Å²) in [7, 11) is -3.68. The molecule has 0 aliphatic carbocycles. The number of nitrogens with two attached hydrogens (primary N) is 1. The molecular weight excluding hydrogens is 467 g/mol. The van der Waals surface area contributed by atoms with E-state index >= 15 is 0 Å². The second kappa shape index (κ2) is 10.1. The number of fused-ring (bicyclic) bond motifs is 2. The molecule has 2 aliphatic rings. The van der Waals surface area contributed by atoms with Gasteiger partial charge in [-0.2, -0.15) is 0 Å². The Morgan fingerprint density at radius 2 is 1.65 bits per heavy atom. The maximum Gasteiger partial charge on any atom is 0.240 e. The smallest absolute Gasteiger partial charge is 0.240 e. The summed E-state index contributed by atoms with van der Waals surface area (Å²) < 4.78 is 67.9. The molecule has 0 aromatic heterocycles. The van der Waals surface area contributed by atoms with Crippen molar-refractivity contribution in [1.82, 2.24) is 9.62 Å². The van der Waals surface area contributed by atoms with Crippen LogP contribution in [0.25, 0.3) is 0 Å². The number of sulfonamides is 1. The highest BCUT2D eigenvalue weighted by molar-refractivity contribution is 7.89. The number of hydrogen-bond acceptors (Lipinski definition) is 4. The molecule has 34 heavy (non-hydrogen) atoms. The van der Waals surface area contributed by atoms with Crippen molar-refractivity contribution in [3.8, 4) is 0 Å². The van der Waals surface area contributed by atoms with E-state index in [1.165, 1.54) is 12.1 Å². The van der Waals surface area contributed by atoms with Crippen molar-refractivity contribution < 1.29 is 26.4 Å². The van der Waals surface area contributed by atoms with Crippen LogP contribution in [0, 0.1) is 23.4 Å². The van der Waals surface area contributed by atoms with E-state index in [9.17, 15) is 26.4 Å². The van der Waals surface area contributed by atoms with E-state index in [1.54, 1.807) is 18.2 Å². The number of piperidine rings is 1. The summed E-state index contributed by atoms with van der Waals surface area (Å²) in [6, 6.07) is 8.89. The third kappa shape index (κ3) is 5.29. The Morgan fingerprint density at radius 1 is 1.03 bits per heavy atom. The third-order valence-corrected chi connectivity index (χ3v) is 8.37. The number of amides is 1. The minimum absolute atomic E-state index is 0.00432. The molecule has 0 radical (unpaired) electrons. The Morgan fingerprint density at radius 3 is 2.29 bits per heavy atom. The molecule has 2 heterocycles. The average Bonchev–Trinajstić information content (AvgIpc) is 3.07. The van der Waals surface area contributed by atoms with Crippen molar-refractivity contribution in [2.75, 3.05) is 6.54 Å². The fourth-order valence-corrected chi connectivity index (χ4v) is 6.27. The number of rotatable bonds is 8. The van der Waals surface area contributed by atoms with Gasteiger partial charge in [0.1, 0.15) is 5.82 Å². The van der Waals surface area contributed by atoms with Gasteiger partial charge in [0.2, 0.25) is 15.9 Å². The van der Waals surface area contributed by atoms with E-state index in [0.717, 1.165) is 18.9 Å². The molecule has 2 aromatic rings. The molecule has 0 saturated carbocycles. The van der Waals surface area contributed by atoms with Gasteiger partial charge in [0.25, 0.3) is 0 Å². The number of halogens is 3. The van der Waals surface area contributed by atoms with Crippen LogP contribution in [0.15, 0.2) is 47.4 Å². The Labute approximate surface area is 197 Å². The van der Waals surface area contributed by atoms with Gasteiger partial charge >= 0.3 is 0 Å². The number of nitrogens with one attached hydrogen (secondary N) is 1. The summed E-state index contributed by atoms with van der Waals surface area (Å²) in [6.07, 6.45) is 3.08. The first-order valence-corrected chi connectivity index (χ1v) is 12.9. The fraction of sp³-hybridized carbons (Fsp3) is 0.458. The number of carbonyl (C=O) groups excluding carboxylic acids is 1. The van der Waals surface area contributed by atoms with E-state index in [1.807, 2.05) is 4.90 Å². The molecule has 184 valence electrons. The number of nitrogens with zero attached hydrogens (tertiary/aromatic N) is 1. The molecule has 3 N–H and O–H groups in total. The van der Waals surface area contributed by atoms with Gasteiger partial charge in [0.15, 0.2) is 11.6 Å². The first kappa shape index (κ1) is 24.7. The molecule has 10 heteroatoms. The molecule has 6 nitrogen and oxygen atoms in total. The summed E-state index contributed by atoms with van der Waals surface area (Å²) in [6.45, 7) is 0.00432. The first-order valence-electron chi connectivity index (χ1n) is 11.4. The Balaban J connectivity index is 1.32. The van der Waals surface area contributed by atoms with E-state index in [4.69, 9.17) is 5.73 Å². The quantitative estimate of drug-likeness (QED) is 0.551. The highest BCUT2D eigenvalue weighted by Crippen LogP contribution is 2.40. The lowest BCUT2D eigenvalue weighted by atomic mass is 9.82. The zero-order chi connectivity index (χ0) is 24.5. The minimum Gasteiger partial charge on any atom is -0.337 e. The Bertz CT molecular complexity index is 1130. The van der Waals surface area contributed by atoms with Crippen LogP contribution in [-0.4, -0.2) is 43.9 Å². The number of benzene rings is 2. The summed E-state index contributed by atoms with van der Waals surface area (Å²) in [4.78, 5) is 14.9. The highest BCUT2D eigenvalue weighted by atomic mass is 32.2. The van der Waals surface area contributed by atoms with Crippen molar-refractivity contribution in [3.05, 3.63) is 65.5 Å². The summed E-state index contributed by atoms with van der Waals surface area (Å²) >= 11 is 0. The Hall–Kier alpha value is -2.43. The normalized spacial score (nSPS) is 23.2. The van der Waals surface area contributed by atoms with Crippen LogP contribution in [0.2, 0.25) is 0 Å². The zero-order valence-electron chi connectivity index (χ0n) is 18.6. The van der Waals surface area contributed by atoms with Gasteiger partial charge in [-0.1, -0.05) is 18.2 Å². The minimum atomic E-state index is -3.68. The second-order valence-electron chi connectivity index (χ2n) is 9.10. The number of hydrogen-bond donors (Lipinski definition) is 2. The van der Waals surface area contributed by atoms with Gasteiger partial charge in [-0.15, -0.1) is 0 Å². The predicted molar refractivity (Wildman–Crippen MR) is 121 cm³/mol. The molecular formula is C24H28F3N3O3S.